The topological polar surface area (TPSA) is 21.6 Å². The minimum absolute atomic E-state index is 0.482. The molecule has 0 fully saturated rings. The highest BCUT2D eigenvalue weighted by molar-refractivity contribution is 6.36. The van der Waals surface area contributed by atoms with Crippen molar-refractivity contribution in [1.29, 1.82) is 0 Å². The SMILES string of the molecule is Clc1cc(Cl)c2c(c1)C=Nc1ccccc1O2. The van der Waals surface area contributed by atoms with Gasteiger partial charge in [-0.25, -0.2) is 0 Å². The van der Waals surface area contributed by atoms with Gasteiger partial charge in [0.1, 0.15) is 5.69 Å². The number of hydrogen-bond acceptors (Lipinski definition) is 2. The summed E-state index contributed by atoms with van der Waals surface area (Å²) in [6, 6.07) is 11.0. The molecule has 0 bridgehead atoms. The van der Waals surface area contributed by atoms with Crippen LogP contribution in [0.3, 0.4) is 0 Å². The zero-order chi connectivity index (χ0) is 11.8. The molecular formula is C13H7Cl2NO. The van der Waals surface area contributed by atoms with Crippen molar-refractivity contribution in [3.8, 4) is 11.5 Å². The highest BCUT2D eigenvalue weighted by Crippen LogP contribution is 2.40. The molecule has 84 valence electrons. The Balaban J connectivity index is 2.22. The van der Waals surface area contributed by atoms with Crippen LogP contribution in [0.2, 0.25) is 10.0 Å². The molecule has 1 aliphatic heterocycles. The maximum absolute atomic E-state index is 6.12. The van der Waals surface area contributed by atoms with E-state index in [2.05, 4.69) is 4.99 Å². The summed E-state index contributed by atoms with van der Waals surface area (Å²) >= 11 is 12.1. The molecule has 0 saturated carbocycles. The average molecular weight is 264 g/mol. The molecule has 1 heterocycles. The Hall–Kier alpha value is -1.51. The third-order valence-electron chi connectivity index (χ3n) is 2.46. The van der Waals surface area contributed by atoms with E-state index in [1.165, 1.54) is 0 Å². The number of fused-ring (bicyclic) bond motifs is 2. The maximum Gasteiger partial charge on any atom is 0.154 e. The fourth-order valence-electron chi connectivity index (χ4n) is 1.68. The second-order valence-corrected chi connectivity index (χ2v) is 4.48. The van der Waals surface area contributed by atoms with Crippen molar-refractivity contribution in [1.82, 2.24) is 0 Å². The number of nitrogens with zero attached hydrogens (tertiary/aromatic N) is 1. The summed E-state index contributed by atoms with van der Waals surface area (Å²) in [7, 11) is 0. The fraction of sp³-hybridized carbons (Fsp3) is 0. The van der Waals surface area contributed by atoms with Gasteiger partial charge in [0.15, 0.2) is 11.5 Å². The van der Waals surface area contributed by atoms with Gasteiger partial charge in [0.2, 0.25) is 0 Å². The van der Waals surface area contributed by atoms with Gasteiger partial charge in [-0.3, -0.25) is 4.99 Å². The molecule has 17 heavy (non-hydrogen) atoms. The quantitative estimate of drug-likeness (QED) is 0.568. The van der Waals surface area contributed by atoms with Crippen LogP contribution in [0.25, 0.3) is 0 Å². The van der Waals surface area contributed by atoms with E-state index in [1.54, 1.807) is 18.3 Å². The Kier molecular flexibility index (Phi) is 2.54. The number of para-hydroxylation sites is 2. The minimum Gasteiger partial charge on any atom is -0.453 e. The Morgan fingerprint density at radius 1 is 1.06 bits per heavy atom. The van der Waals surface area contributed by atoms with Crippen LogP contribution in [-0.2, 0) is 0 Å². The predicted octanol–water partition coefficient (Wildman–Crippen LogP) is 4.85. The monoisotopic (exact) mass is 263 g/mol. The van der Waals surface area contributed by atoms with Gasteiger partial charge in [0.25, 0.3) is 0 Å². The van der Waals surface area contributed by atoms with Gasteiger partial charge in [-0.1, -0.05) is 35.3 Å². The molecule has 0 N–H and O–H groups in total. The lowest BCUT2D eigenvalue weighted by Crippen LogP contribution is -1.89. The van der Waals surface area contributed by atoms with Gasteiger partial charge in [-0.05, 0) is 24.3 Å². The van der Waals surface area contributed by atoms with E-state index in [0.29, 0.717) is 21.5 Å². The molecule has 1 aliphatic rings. The smallest absolute Gasteiger partial charge is 0.154 e. The molecule has 0 aliphatic carbocycles. The molecular weight excluding hydrogens is 257 g/mol. The van der Waals surface area contributed by atoms with Crippen LogP contribution in [0.4, 0.5) is 5.69 Å². The zero-order valence-electron chi connectivity index (χ0n) is 8.65. The van der Waals surface area contributed by atoms with E-state index in [4.69, 9.17) is 27.9 Å². The normalized spacial score (nSPS) is 12.4. The Labute approximate surface area is 108 Å². The number of halogens is 2. The molecule has 2 aromatic carbocycles. The van der Waals surface area contributed by atoms with Crippen molar-refractivity contribution in [2.24, 2.45) is 4.99 Å². The summed E-state index contributed by atoms with van der Waals surface area (Å²) in [5.74, 6) is 1.27. The van der Waals surface area contributed by atoms with E-state index in [-0.39, 0.29) is 0 Å². The van der Waals surface area contributed by atoms with Crippen molar-refractivity contribution < 1.29 is 4.74 Å². The molecule has 0 unspecified atom stereocenters. The molecule has 3 rings (SSSR count). The Morgan fingerprint density at radius 2 is 1.88 bits per heavy atom. The predicted molar refractivity (Wildman–Crippen MR) is 70.2 cm³/mol. The van der Waals surface area contributed by atoms with Gasteiger partial charge >= 0.3 is 0 Å². The highest BCUT2D eigenvalue weighted by atomic mass is 35.5. The number of aliphatic imine (C=N–C) groups is 1. The first kappa shape index (κ1) is 10.6. The molecule has 0 saturated heterocycles. The lowest BCUT2D eigenvalue weighted by Gasteiger charge is -2.09. The molecule has 0 amide bonds. The zero-order valence-corrected chi connectivity index (χ0v) is 10.2. The van der Waals surface area contributed by atoms with Crippen molar-refractivity contribution in [2.45, 2.75) is 0 Å². The Bertz CT molecular complexity index is 623. The molecule has 0 spiro atoms. The number of rotatable bonds is 0. The standard InChI is InChI=1S/C13H7Cl2NO/c14-9-5-8-7-16-11-3-1-2-4-12(11)17-13(8)10(15)6-9/h1-7H. The number of ether oxygens (including phenoxy) is 1. The molecule has 0 atom stereocenters. The largest absolute Gasteiger partial charge is 0.453 e. The van der Waals surface area contributed by atoms with Crippen molar-refractivity contribution >= 4 is 35.1 Å². The minimum atomic E-state index is 0.482. The average Bonchev–Trinajstić information content (AvgIpc) is 2.49. The number of hydrogen-bond donors (Lipinski definition) is 0. The molecule has 2 nitrogen and oxygen atoms in total. The van der Waals surface area contributed by atoms with Crippen LogP contribution in [0, 0.1) is 0 Å². The number of benzene rings is 2. The molecule has 2 aromatic rings. The van der Waals surface area contributed by atoms with Crippen LogP contribution in [0.1, 0.15) is 5.56 Å². The fourth-order valence-corrected chi connectivity index (χ4v) is 2.23. The van der Waals surface area contributed by atoms with Gasteiger partial charge in [0.05, 0.1) is 5.02 Å². The van der Waals surface area contributed by atoms with E-state index >= 15 is 0 Å². The maximum atomic E-state index is 6.12. The van der Waals surface area contributed by atoms with E-state index in [1.807, 2.05) is 24.3 Å². The summed E-state index contributed by atoms with van der Waals surface area (Å²) < 4.78 is 5.77. The van der Waals surface area contributed by atoms with Crippen LogP contribution < -0.4 is 4.74 Å². The molecule has 0 radical (unpaired) electrons. The first-order valence-corrected chi connectivity index (χ1v) is 5.79. The lowest BCUT2D eigenvalue weighted by molar-refractivity contribution is 0.485. The van der Waals surface area contributed by atoms with Crippen molar-refractivity contribution in [3.05, 3.63) is 52.0 Å². The van der Waals surface area contributed by atoms with Crippen LogP contribution in [-0.4, -0.2) is 6.21 Å². The van der Waals surface area contributed by atoms with Crippen molar-refractivity contribution in [2.75, 3.05) is 0 Å². The molecule has 4 heteroatoms. The van der Waals surface area contributed by atoms with Crippen LogP contribution in [0.5, 0.6) is 11.5 Å². The second kappa shape index (κ2) is 4.06. The van der Waals surface area contributed by atoms with Gasteiger partial charge < -0.3 is 4.74 Å². The third kappa shape index (κ3) is 1.90. The second-order valence-electron chi connectivity index (χ2n) is 3.63. The third-order valence-corrected chi connectivity index (χ3v) is 2.96. The van der Waals surface area contributed by atoms with Gasteiger partial charge in [0, 0.05) is 16.8 Å². The first-order chi connectivity index (χ1) is 8.24. The summed E-state index contributed by atoms with van der Waals surface area (Å²) in [5.41, 5.74) is 1.55. The van der Waals surface area contributed by atoms with Crippen molar-refractivity contribution in [3.63, 3.8) is 0 Å². The lowest BCUT2D eigenvalue weighted by atomic mass is 10.2. The summed E-state index contributed by atoms with van der Waals surface area (Å²) in [6.45, 7) is 0. The molecule has 0 aromatic heterocycles. The summed E-state index contributed by atoms with van der Waals surface area (Å²) in [5, 5.41) is 1.05. The van der Waals surface area contributed by atoms with E-state index < -0.39 is 0 Å². The van der Waals surface area contributed by atoms with Gasteiger partial charge in [-0.2, -0.15) is 0 Å². The van der Waals surface area contributed by atoms with E-state index in [9.17, 15) is 0 Å². The summed E-state index contributed by atoms with van der Waals surface area (Å²) in [6.07, 6.45) is 1.71. The first-order valence-electron chi connectivity index (χ1n) is 5.04. The van der Waals surface area contributed by atoms with Crippen LogP contribution in [0.15, 0.2) is 41.4 Å². The van der Waals surface area contributed by atoms with E-state index in [0.717, 1.165) is 11.3 Å². The summed E-state index contributed by atoms with van der Waals surface area (Å²) in [4.78, 5) is 4.34. The Morgan fingerprint density at radius 3 is 2.76 bits per heavy atom. The van der Waals surface area contributed by atoms with Crippen LogP contribution >= 0.6 is 23.2 Å². The highest BCUT2D eigenvalue weighted by Gasteiger charge is 2.15. The van der Waals surface area contributed by atoms with Gasteiger partial charge in [-0.15, -0.1) is 0 Å².